The Bertz CT molecular complexity index is 1480. The highest BCUT2D eigenvalue weighted by molar-refractivity contribution is 5.78. The summed E-state index contributed by atoms with van der Waals surface area (Å²) in [5, 5.41) is 7.65. The molecular weight excluding hydrogens is 394 g/mol. The molecule has 0 bridgehead atoms. The van der Waals surface area contributed by atoms with Crippen molar-refractivity contribution in [2.24, 2.45) is 5.10 Å². The first-order valence-corrected chi connectivity index (χ1v) is 10.8. The Labute approximate surface area is 187 Å². The molecule has 0 radical (unpaired) electrons. The lowest BCUT2D eigenvalue weighted by Gasteiger charge is -2.19. The van der Waals surface area contributed by atoms with E-state index in [1.54, 1.807) is 0 Å². The van der Waals surface area contributed by atoms with Crippen LogP contribution in [0.1, 0.15) is 26.3 Å². The largest absolute Gasteiger partial charge is 0.456 e. The molecule has 0 unspecified atom stereocenters. The fourth-order valence-electron chi connectivity index (χ4n) is 3.79. The van der Waals surface area contributed by atoms with E-state index in [-0.39, 0.29) is 5.41 Å². The first kappa shape index (κ1) is 20.0. The van der Waals surface area contributed by atoms with Crippen LogP contribution in [0.3, 0.4) is 0 Å². The van der Waals surface area contributed by atoms with Crippen LogP contribution in [0.25, 0.3) is 33.2 Å². The highest BCUT2D eigenvalue weighted by Gasteiger charge is 2.14. The summed E-state index contributed by atoms with van der Waals surface area (Å²) in [6.07, 6.45) is 0. The minimum atomic E-state index is 0.111. The van der Waals surface area contributed by atoms with Crippen molar-refractivity contribution >= 4 is 27.7 Å². The topological polar surface area (TPSA) is 51.7 Å². The lowest BCUT2D eigenvalue weighted by Crippen LogP contribution is -2.14. The number of pyridine rings is 1. The molecule has 0 saturated carbocycles. The number of hydrogen-bond donors (Lipinski definition) is 1. The summed E-state index contributed by atoms with van der Waals surface area (Å²) < 4.78 is 6.23. The first-order chi connectivity index (χ1) is 15.5. The summed E-state index contributed by atoms with van der Waals surface area (Å²) in [5.74, 6) is 1.61. The van der Waals surface area contributed by atoms with E-state index in [2.05, 4.69) is 73.6 Å². The number of aromatic nitrogens is 1. The molecule has 0 fully saturated rings. The molecule has 0 spiro atoms. The molecule has 32 heavy (non-hydrogen) atoms. The van der Waals surface area contributed by atoms with Crippen molar-refractivity contribution < 1.29 is 9.40 Å². The quantitative estimate of drug-likeness (QED) is 0.349. The maximum Gasteiger partial charge on any atom is 0.297 e. The highest BCUT2D eigenvalue weighted by Crippen LogP contribution is 2.27. The third-order valence-electron chi connectivity index (χ3n) is 5.64. The number of nitrogens with zero attached hydrogens (tertiary/aromatic N) is 1. The smallest absolute Gasteiger partial charge is 0.297 e. The lowest BCUT2D eigenvalue weighted by molar-refractivity contribution is -0.327. The second-order valence-corrected chi connectivity index (χ2v) is 9.00. The van der Waals surface area contributed by atoms with Gasteiger partial charge in [0.25, 0.3) is 5.82 Å². The zero-order valence-electron chi connectivity index (χ0n) is 18.5. The predicted molar refractivity (Wildman–Crippen MR) is 130 cm³/mol. The average molecular weight is 421 g/mol. The SMILES string of the molecule is CC(C)(C)c1ccc(-c2cc(=NNc3ccc4ccccc4[nH+]3)c3ccccc3o2)cc1. The maximum atomic E-state index is 6.23. The van der Waals surface area contributed by atoms with Crippen molar-refractivity contribution in [3.8, 4) is 11.3 Å². The second-order valence-electron chi connectivity index (χ2n) is 9.00. The van der Waals surface area contributed by atoms with Gasteiger partial charge in [0, 0.05) is 28.5 Å². The molecule has 2 aromatic heterocycles. The Kier molecular flexibility index (Phi) is 4.98. The van der Waals surface area contributed by atoms with Crippen molar-refractivity contribution in [1.29, 1.82) is 0 Å². The van der Waals surface area contributed by atoms with Gasteiger partial charge in [-0.05, 0) is 35.2 Å². The fraction of sp³-hybridized carbons (Fsp3) is 0.143. The Balaban J connectivity index is 1.57. The van der Waals surface area contributed by atoms with Gasteiger partial charge in [0.05, 0.1) is 0 Å². The van der Waals surface area contributed by atoms with Crippen LogP contribution in [-0.2, 0) is 5.41 Å². The zero-order chi connectivity index (χ0) is 22.1. The number of para-hydroxylation sites is 2. The number of benzene rings is 3. The molecule has 0 aliphatic heterocycles. The van der Waals surface area contributed by atoms with Gasteiger partial charge < -0.3 is 4.42 Å². The van der Waals surface area contributed by atoms with E-state index >= 15 is 0 Å². The number of nitrogens with one attached hydrogen (secondary N) is 2. The van der Waals surface area contributed by atoms with Gasteiger partial charge in [-0.15, -0.1) is 5.43 Å². The predicted octanol–water partition coefficient (Wildman–Crippen LogP) is 6.29. The molecular formula is C28H26N3O+. The van der Waals surface area contributed by atoms with Crippen molar-refractivity contribution in [2.75, 3.05) is 5.43 Å². The monoisotopic (exact) mass is 420 g/mol. The van der Waals surface area contributed by atoms with Crippen LogP contribution in [0.2, 0.25) is 0 Å². The normalized spacial score (nSPS) is 12.4. The molecule has 0 saturated heterocycles. The Hall–Kier alpha value is -3.92. The molecule has 5 rings (SSSR count). The maximum absolute atomic E-state index is 6.23. The van der Waals surface area contributed by atoms with E-state index < -0.39 is 0 Å². The standard InChI is InChI=1S/C28H25N3O/c1-28(2,3)21-15-12-20(13-16-21)26-18-24(22-9-5-7-11-25(22)32-26)30-31-27-17-14-19-8-4-6-10-23(19)29-27/h4-18H,1-3H3,(H,29,31)/p+1. The van der Waals surface area contributed by atoms with Gasteiger partial charge >= 0.3 is 0 Å². The van der Waals surface area contributed by atoms with Gasteiger partial charge in [-0.25, -0.2) is 4.98 Å². The molecule has 5 aromatic rings. The van der Waals surface area contributed by atoms with Crippen molar-refractivity contribution in [2.45, 2.75) is 26.2 Å². The van der Waals surface area contributed by atoms with Gasteiger partial charge in [0.2, 0.25) is 0 Å². The molecule has 0 aliphatic rings. The third kappa shape index (κ3) is 4.00. The number of aromatic amines is 1. The van der Waals surface area contributed by atoms with Crippen molar-refractivity contribution in [3.05, 3.63) is 102 Å². The van der Waals surface area contributed by atoms with E-state index in [0.29, 0.717) is 0 Å². The summed E-state index contributed by atoms with van der Waals surface area (Å²) in [6, 6.07) is 30.8. The van der Waals surface area contributed by atoms with E-state index in [4.69, 9.17) is 9.52 Å². The number of rotatable bonds is 3. The number of H-pyrrole nitrogens is 1. The lowest BCUT2D eigenvalue weighted by atomic mass is 9.86. The van der Waals surface area contributed by atoms with Gasteiger partial charge in [0.1, 0.15) is 22.2 Å². The third-order valence-corrected chi connectivity index (χ3v) is 5.64. The highest BCUT2D eigenvalue weighted by atomic mass is 16.3. The molecule has 0 atom stereocenters. The van der Waals surface area contributed by atoms with E-state index in [1.165, 1.54) is 5.56 Å². The van der Waals surface area contributed by atoms with Crippen LogP contribution < -0.4 is 15.8 Å². The van der Waals surface area contributed by atoms with Crippen LogP contribution in [0.5, 0.6) is 0 Å². The summed E-state index contributed by atoms with van der Waals surface area (Å²) in [7, 11) is 0. The Morgan fingerprint density at radius 2 is 1.56 bits per heavy atom. The molecule has 2 N–H and O–H groups in total. The number of hydrogen-bond acceptors (Lipinski definition) is 3. The van der Waals surface area contributed by atoms with Gasteiger partial charge in [0.15, 0.2) is 0 Å². The van der Waals surface area contributed by atoms with Crippen LogP contribution in [0, 0.1) is 0 Å². The number of fused-ring (bicyclic) bond motifs is 2. The van der Waals surface area contributed by atoms with E-state index in [1.807, 2.05) is 48.5 Å². The minimum absolute atomic E-state index is 0.111. The second kappa shape index (κ2) is 7.97. The molecule has 4 heteroatoms. The molecule has 4 nitrogen and oxygen atoms in total. The van der Waals surface area contributed by atoms with Crippen LogP contribution in [0.15, 0.2) is 101 Å². The summed E-state index contributed by atoms with van der Waals surface area (Å²) in [4.78, 5) is 3.38. The van der Waals surface area contributed by atoms with Crippen molar-refractivity contribution in [3.63, 3.8) is 0 Å². The summed E-state index contributed by atoms with van der Waals surface area (Å²) >= 11 is 0. The van der Waals surface area contributed by atoms with Crippen LogP contribution >= 0.6 is 0 Å². The Morgan fingerprint density at radius 1 is 0.812 bits per heavy atom. The fourth-order valence-corrected chi connectivity index (χ4v) is 3.79. The van der Waals surface area contributed by atoms with Crippen LogP contribution in [0.4, 0.5) is 5.82 Å². The number of anilines is 1. The van der Waals surface area contributed by atoms with Gasteiger partial charge in [-0.3, -0.25) is 0 Å². The molecule has 158 valence electrons. The van der Waals surface area contributed by atoms with E-state index in [9.17, 15) is 0 Å². The Morgan fingerprint density at radius 3 is 2.38 bits per heavy atom. The molecule has 2 heterocycles. The summed E-state index contributed by atoms with van der Waals surface area (Å²) in [6.45, 7) is 6.65. The average Bonchev–Trinajstić information content (AvgIpc) is 2.82. The first-order valence-electron chi connectivity index (χ1n) is 10.8. The minimum Gasteiger partial charge on any atom is -0.456 e. The zero-order valence-corrected chi connectivity index (χ0v) is 18.5. The van der Waals surface area contributed by atoms with E-state index in [0.717, 1.165) is 44.4 Å². The van der Waals surface area contributed by atoms with Gasteiger partial charge in [-0.1, -0.05) is 80.5 Å². The van der Waals surface area contributed by atoms with Crippen LogP contribution in [-0.4, -0.2) is 0 Å². The summed E-state index contributed by atoms with van der Waals surface area (Å²) in [5.41, 5.74) is 7.46. The molecule has 3 aromatic carbocycles. The van der Waals surface area contributed by atoms with Gasteiger partial charge in [-0.2, -0.15) is 0 Å². The van der Waals surface area contributed by atoms with Crippen molar-refractivity contribution in [1.82, 2.24) is 0 Å². The molecule has 0 amide bonds. The molecule has 0 aliphatic carbocycles.